The molecule has 0 heterocycles. The Morgan fingerprint density at radius 1 is 0.786 bits per heavy atom. The van der Waals surface area contributed by atoms with Crippen molar-refractivity contribution in [2.75, 3.05) is 0 Å². The van der Waals surface area contributed by atoms with E-state index < -0.39 is 0 Å². The van der Waals surface area contributed by atoms with Crippen molar-refractivity contribution in [2.24, 2.45) is 5.41 Å². The minimum absolute atomic E-state index is 0.194. The lowest BCUT2D eigenvalue weighted by Gasteiger charge is -2.49. The molecule has 0 aliphatic rings. The summed E-state index contributed by atoms with van der Waals surface area (Å²) >= 11 is 0. The number of rotatable bonds is 3. The van der Waals surface area contributed by atoms with Crippen LogP contribution in [0.1, 0.15) is 68.2 Å². The SMILES string of the molecule is CCC(CC)(NC(C)(C)C)C(C)(C)C. The highest BCUT2D eigenvalue weighted by Crippen LogP contribution is 2.37. The average molecular weight is 199 g/mol. The third kappa shape index (κ3) is 3.27. The predicted octanol–water partition coefficient (Wildman–Crippen LogP) is 3.98. The van der Waals surface area contributed by atoms with E-state index in [0.717, 1.165) is 0 Å². The molecule has 0 saturated heterocycles. The maximum atomic E-state index is 3.81. The van der Waals surface area contributed by atoms with Crippen LogP contribution in [0.5, 0.6) is 0 Å². The van der Waals surface area contributed by atoms with Gasteiger partial charge in [-0.3, -0.25) is 0 Å². The van der Waals surface area contributed by atoms with Crippen LogP contribution < -0.4 is 5.32 Å². The van der Waals surface area contributed by atoms with Crippen molar-refractivity contribution in [2.45, 2.75) is 79.3 Å². The monoisotopic (exact) mass is 199 g/mol. The summed E-state index contributed by atoms with van der Waals surface area (Å²) in [5, 5.41) is 3.81. The molecule has 86 valence electrons. The molecule has 0 unspecified atom stereocenters. The fourth-order valence-corrected chi connectivity index (χ4v) is 2.39. The summed E-state index contributed by atoms with van der Waals surface area (Å²) in [6.07, 6.45) is 2.37. The molecule has 1 nitrogen and oxygen atoms in total. The average Bonchev–Trinajstić information content (AvgIpc) is 1.96. The van der Waals surface area contributed by atoms with Crippen molar-refractivity contribution < 1.29 is 0 Å². The Morgan fingerprint density at radius 3 is 1.21 bits per heavy atom. The Kier molecular flexibility index (Phi) is 4.21. The Morgan fingerprint density at radius 2 is 1.14 bits per heavy atom. The molecule has 0 aliphatic carbocycles. The van der Waals surface area contributed by atoms with Crippen molar-refractivity contribution >= 4 is 0 Å². The Labute approximate surface area is 90.7 Å². The highest BCUT2D eigenvalue weighted by atomic mass is 15.1. The molecule has 0 radical (unpaired) electrons. The fraction of sp³-hybridized carbons (Fsp3) is 1.00. The Bertz CT molecular complexity index is 165. The van der Waals surface area contributed by atoms with Crippen LogP contribution in [0.3, 0.4) is 0 Å². The van der Waals surface area contributed by atoms with Gasteiger partial charge in [0.05, 0.1) is 0 Å². The van der Waals surface area contributed by atoms with Gasteiger partial charge in [0, 0.05) is 11.1 Å². The van der Waals surface area contributed by atoms with Gasteiger partial charge in [0.2, 0.25) is 0 Å². The zero-order chi connectivity index (χ0) is 11.6. The molecule has 0 saturated carbocycles. The molecule has 1 N–H and O–H groups in total. The van der Waals surface area contributed by atoms with E-state index in [4.69, 9.17) is 0 Å². The second-order valence-electron chi connectivity index (χ2n) is 6.41. The zero-order valence-corrected chi connectivity index (χ0v) is 11.4. The van der Waals surface area contributed by atoms with E-state index in [9.17, 15) is 0 Å². The van der Waals surface area contributed by atoms with E-state index in [1.807, 2.05) is 0 Å². The summed E-state index contributed by atoms with van der Waals surface area (Å²) in [7, 11) is 0. The van der Waals surface area contributed by atoms with Crippen LogP contribution in [0, 0.1) is 5.41 Å². The smallest absolute Gasteiger partial charge is 0.0229 e. The minimum atomic E-state index is 0.194. The van der Waals surface area contributed by atoms with Crippen LogP contribution in [-0.4, -0.2) is 11.1 Å². The third-order valence-electron chi connectivity index (χ3n) is 3.26. The lowest BCUT2D eigenvalue weighted by molar-refractivity contribution is 0.0914. The van der Waals surface area contributed by atoms with Crippen LogP contribution in [0.4, 0.5) is 0 Å². The first-order valence-electron chi connectivity index (χ1n) is 5.87. The quantitative estimate of drug-likeness (QED) is 0.725. The molecular weight excluding hydrogens is 170 g/mol. The highest BCUT2D eigenvalue weighted by Gasteiger charge is 2.40. The largest absolute Gasteiger partial charge is 0.306 e. The van der Waals surface area contributed by atoms with E-state index >= 15 is 0 Å². The maximum Gasteiger partial charge on any atom is 0.0229 e. The molecule has 0 rings (SSSR count). The van der Waals surface area contributed by atoms with Crippen LogP contribution in [0.25, 0.3) is 0 Å². The minimum Gasteiger partial charge on any atom is -0.306 e. The van der Waals surface area contributed by atoms with E-state index in [2.05, 4.69) is 60.7 Å². The van der Waals surface area contributed by atoms with Gasteiger partial charge in [-0.25, -0.2) is 0 Å². The van der Waals surface area contributed by atoms with Crippen LogP contribution in [0.15, 0.2) is 0 Å². The standard InChI is InChI=1S/C13H29N/c1-9-13(10-2,11(3,4)5)14-12(6,7)8/h14H,9-10H2,1-8H3. The highest BCUT2D eigenvalue weighted by molar-refractivity contribution is 4.99. The molecule has 0 fully saturated rings. The van der Waals surface area contributed by atoms with E-state index in [1.54, 1.807) is 0 Å². The van der Waals surface area contributed by atoms with E-state index in [0.29, 0.717) is 5.41 Å². The van der Waals surface area contributed by atoms with Crippen molar-refractivity contribution in [1.29, 1.82) is 0 Å². The second-order valence-corrected chi connectivity index (χ2v) is 6.41. The van der Waals surface area contributed by atoms with Crippen molar-refractivity contribution in [3.8, 4) is 0 Å². The van der Waals surface area contributed by atoms with Gasteiger partial charge in [0.25, 0.3) is 0 Å². The first kappa shape index (κ1) is 14.0. The summed E-state index contributed by atoms with van der Waals surface area (Å²) in [5.74, 6) is 0. The normalized spacial score (nSPS) is 14.6. The van der Waals surface area contributed by atoms with Gasteiger partial charge in [0.15, 0.2) is 0 Å². The van der Waals surface area contributed by atoms with Crippen LogP contribution in [0.2, 0.25) is 0 Å². The van der Waals surface area contributed by atoms with Crippen molar-refractivity contribution in [1.82, 2.24) is 5.32 Å². The number of nitrogens with one attached hydrogen (secondary N) is 1. The van der Waals surface area contributed by atoms with Gasteiger partial charge in [-0.05, 0) is 39.0 Å². The number of hydrogen-bond donors (Lipinski definition) is 1. The molecule has 1 heteroatoms. The second kappa shape index (κ2) is 4.22. The first-order chi connectivity index (χ1) is 6.08. The molecule has 0 atom stereocenters. The molecule has 0 aromatic heterocycles. The molecule has 0 aromatic carbocycles. The van der Waals surface area contributed by atoms with Gasteiger partial charge >= 0.3 is 0 Å². The first-order valence-corrected chi connectivity index (χ1v) is 5.87. The van der Waals surface area contributed by atoms with E-state index in [-0.39, 0.29) is 11.1 Å². The van der Waals surface area contributed by atoms with Crippen LogP contribution >= 0.6 is 0 Å². The molecule has 0 aromatic rings. The van der Waals surface area contributed by atoms with Crippen molar-refractivity contribution in [3.05, 3.63) is 0 Å². The van der Waals surface area contributed by atoms with Gasteiger partial charge in [-0.15, -0.1) is 0 Å². The van der Waals surface area contributed by atoms with Gasteiger partial charge < -0.3 is 5.32 Å². The molecule has 0 bridgehead atoms. The van der Waals surface area contributed by atoms with Crippen LogP contribution in [-0.2, 0) is 0 Å². The molecule has 0 spiro atoms. The summed E-state index contributed by atoms with van der Waals surface area (Å²) < 4.78 is 0. The van der Waals surface area contributed by atoms with Gasteiger partial charge in [-0.2, -0.15) is 0 Å². The van der Waals surface area contributed by atoms with Crippen molar-refractivity contribution in [3.63, 3.8) is 0 Å². The predicted molar refractivity (Wildman–Crippen MR) is 65.7 cm³/mol. The Balaban J connectivity index is 4.91. The molecule has 0 aliphatic heterocycles. The summed E-state index contributed by atoms with van der Waals surface area (Å²) in [5.41, 5.74) is 0.758. The molecule has 0 amide bonds. The topological polar surface area (TPSA) is 12.0 Å². The fourth-order valence-electron chi connectivity index (χ4n) is 2.39. The Hall–Kier alpha value is -0.0400. The zero-order valence-electron chi connectivity index (χ0n) is 11.4. The molecular formula is C13H29N. The maximum absolute atomic E-state index is 3.81. The number of hydrogen-bond acceptors (Lipinski definition) is 1. The molecule has 14 heavy (non-hydrogen) atoms. The van der Waals surface area contributed by atoms with Gasteiger partial charge in [0.1, 0.15) is 0 Å². The van der Waals surface area contributed by atoms with E-state index in [1.165, 1.54) is 12.8 Å². The summed E-state index contributed by atoms with van der Waals surface area (Å²) in [6.45, 7) is 18.3. The lowest BCUT2D eigenvalue weighted by Crippen LogP contribution is -2.60. The van der Waals surface area contributed by atoms with Gasteiger partial charge in [-0.1, -0.05) is 34.6 Å². The summed E-state index contributed by atoms with van der Waals surface area (Å²) in [6, 6.07) is 0. The summed E-state index contributed by atoms with van der Waals surface area (Å²) in [4.78, 5) is 0. The lowest BCUT2D eigenvalue weighted by atomic mass is 9.69. The third-order valence-corrected chi connectivity index (χ3v) is 3.26.